The van der Waals surface area contributed by atoms with E-state index in [1.807, 2.05) is 6.92 Å². The Hall–Kier alpha value is -1.83. The molecule has 0 atom stereocenters. The molecule has 2 aromatic rings. The average Bonchev–Trinajstić information content (AvgIpc) is 2.63. The number of aromatic nitrogens is 5. The Labute approximate surface area is 95.1 Å². The summed E-state index contributed by atoms with van der Waals surface area (Å²) in [7, 11) is 0. The number of anilines is 1. The Kier molecular flexibility index (Phi) is 2.91. The maximum Gasteiger partial charge on any atom is 0.343 e. The summed E-state index contributed by atoms with van der Waals surface area (Å²) >= 11 is 1.26. The van der Waals surface area contributed by atoms with Gasteiger partial charge in [-0.3, -0.25) is 4.57 Å². The van der Waals surface area contributed by atoms with E-state index in [2.05, 4.69) is 20.4 Å². The van der Waals surface area contributed by atoms with Crippen LogP contribution in [-0.4, -0.2) is 25.0 Å². The number of hydrogen-bond donors (Lipinski definition) is 2. The largest absolute Gasteiger partial charge is 0.382 e. The molecule has 0 fully saturated rings. The van der Waals surface area contributed by atoms with E-state index in [1.165, 1.54) is 16.3 Å². The lowest BCUT2D eigenvalue weighted by atomic mass is 10.5. The van der Waals surface area contributed by atoms with E-state index < -0.39 is 0 Å². The fraction of sp³-hybridized carbons (Fsp3) is 0.250. The zero-order valence-electron chi connectivity index (χ0n) is 8.54. The second-order valence-corrected chi connectivity index (χ2v) is 3.94. The van der Waals surface area contributed by atoms with Crippen LogP contribution in [0, 0.1) is 0 Å². The predicted octanol–water partition coefficient (Wildman–Crippen LogP) is 0.115. The molecule has 0 aliphatic heterocycles. The molecule has 2 aromatic heterocycles. The van der Waals surface area contributed by atoms with Gasteiger partial charge < -0.3 is 5.73 Å². The molecule has 0 radical (unpaired) electrons. The van der Waals surface area contributed by atoms with Gasteiger partial charge in [-0.05, 0) is 30.8 Å². The standard InChI is InChI=1S/C8H10N6OS/c1-2-14-7(15)12-13-8(14)16-6-4-3-5(9)10-11-6/h3-4H,2H2,1H3,(H2,9,10)(H,12,15). The lowest BCUT2D eigenvalue weighted by Crippen LogP contribution is -2.16. The normalized spacial score (nSPS) is 10.6. The molecule has 3 N–H and O–H groups in total. The predicted molar refractivity (Wildman–Crippen MR) is 59.1 cm³/mol. The summed E-state index contributed by atoms with van der Waals surface area (Å²) in [5, 5.41) is 15.1. The molecule has 7 nitrogen and oxygen atoms in total. The van der Waals surface area contributed by atoms with Crippen LogP contribution >= 0.6 is 11.8 Å². The highest BCUT2D eigenvalue weighted by molar-refractivity contribution is 7.99. The quantitative estimate of drug-likeness (QED) is 0.787. The molecule has 8 heteroatoms. The Morgan fingerprint density at radius 3 is 2.94 bits per heavy atom. The summed E-state index contributed by atoms with van der Waals surface area (Å²) in [5.41, 5.74) is 5.19. The summed E-state index contributed by atoms with van der Waals surface area (Å²) in [6.07, 6.45) is 0. The number of nitrogens with zero attached hydrogens (tertiary/aromatic N) is 4. The summed E-state index contributed by atoms with van der Waals surface area (Å²) in [5.74, 6) is 0.360. The minimum Gasteiger partial charge on any atom is -0.382 e. The first-order chi connectivity index (χ1) is 7.70. The number of hydrogen-bond acceptors (Lipinski definition) is 6. The Bertz CT molecular complexity index is 530. The molecule has 0 amide bonds. The average molecular weight is 238 g/mol. The first-order valence-corrected chi connectivity index (χ1v) is 5.44. The molecule has 2 heterocycles. The molecule has 0 saturated heterocycles. The second kappa shape index (κ2) is 4.35. The number of nitrogens with two attached hydrogens (primary N) is 1. The number of H-pyrrole nitrogens is 1. The van der Waals surface area contributed by atoms with Crippen molar-refractivity contribution in [2.45, 2.75) is 23.7 Å². The van der Waals surface area contributed by atoms with E-state index in [9.17, 15) is 4.79 Å². The fourth-order valence-corrected chi connectivity index (χ4v) is 1.96. The van der Waals surface area contributed by atoms with Crippen LogP contribution in [0.5, 0.6) is 0 Å². The molecule has 0 unspecified atom stereocenters. The zero-order valence-corrected chi connectivity index (χ0v) is 9.36. The van der Waals surface area contributed by atoms with Crippen molar-refractivity contribution in [2.75, 3.05) is 5.73 Å². The molecule has 0 bridgehead atoms. The van der Waals surface area contributed by atoms with E-state index in [0.717, 1.165) is 0 Å². The van der Waals surface area contributed by atoms with Crippen molar-refractivity contribution in [2.24, 2.45) is 0 Å². The van der Waals surface area contributed by atoms with E-state index in [4.69, 9.17) is 5.73 Å². The highest BCUT2D eigenvalue weighted by atomic mass is 32.2. The summed E-state index contributed by atoms with van der Waals surface area (Å²) in [6, 6.07) is 3.38. The number of nitrogen functional groups attached to an aromatic ring is 1. The van der Waals surface area contributed by atoms with Crippen molar-refractivity contribution in [3.63, 3.8) is 0 Å². The van der Waals surface area contributed by atoms with Gasteiger partial charge in [-0.25, -0.2) is 9.89 Å². The molecule has 0 aliphatic rings. The minimum atomic E-state index is -0.228. The van der Waals surface area contributed by atoms with Crippen LogP contribution in [0.3, 0.4) is 0 Å². The number of rotatable bonds is 3. The van der Waals surface area contributed by atoms with E-state index in [1.54, 1.807) is 12.1 Å². The van der Waals surface area contributed by atoms with Gasteiger partial charge in [0.05, 0.1) is 0 Å². The lowest BCUT2D eigenvalue weighted by Gasteiger charge is -2.00. The molecule has 0 saturated carbocycles. The van der Waals surface area contributed by atoms with Gasteiger partial charge in [0, 0.05) is 6.54 Å². The summed E-state index contributed by atoms with van der Waals surface area (Å²) in [6.45, 7) is 2.43. The van der Waals surface area contributed by atoms with Crippen molar-refractivity contribution in [1.29, 1.82) is 0 Å². The van der Waals surface area contributed by atoms with Crippen LogP contribution in [0.2, 0.25) is 0 Å². The Morgan fingerprint density at radius 2 is 2.31 bits per heavy atom. The number of nitrogens with one attached hydrogen (secondary N) is 1. The van der Waals surface area contributed by atoms with Crippen LogP contribution < -0.4 is 11.4 Å². The molecule has 16 heavy (non-hydrogen) atoms. The Balaban J connectivity index is 2.27. The van der Waals surface area contributed by atoms with Crippen molar-refractivity contribution in [3.05, 3.63) is 22.6 Å². The second-order valence-electron chi connectivity index (χ2n) is 2.95. The van der Waals surface area contributed by atoms with Crippen LogP contribution in [-0.2, 0) is 6.54 Å². The van der Waals surface area contributed by atoms with Gasteiger partial charge in [-0.2, -0.15) is 0 Å². The van der Waals surface area contributed by atoms with Gasteiger partial charge in [0.1, 0.15) is 10.8 Å². The third-order valence-electron chi connectivity index (χ3n) is 1.90. The van der Waals surface area contributed by atoms with Gasteiger partial charge >= 0.3 is 5.69 Å². The third-order valence-corrected chi connectivity index (χ3v) is 2.82. The van der Waals surface area contributed by atoms with Crippen LogP contribution in [0.15, 0.2) is 27.1 Å². The smallest absolute Gasteiger partial charge is 0.343 e. The van der Waals surface area contributed by atoms with Gasteiger partial charge in [0.25, 0.3) is 0 Å². The van der Waals surface area contributed by atoms with Crippen molar-refractivity contribution in [3.8, 4) is 0 Å². The highest BCUT2D eigenvalue weighted by Crippen LogP contribution is 2.22. The molecule has 2 rings (SSSR count). The topological polar surface area (TPSA) is 102 Å². The van der Waals surface area contributed by atoms with E-state index >= 15 is 0 Å². The van der Waals surface area contributed by atoms with Gasteiger partial charge in [-0.15, -0.1) is 15.3 Å². The van der Waals surface area contributed by atoms with Gasteiger partial charge in [-0.1, -0.05) is 0 Å². The molecule has 0 aromatic carbocycles. The van der Waals surface area contributed by atoms with E-state index in [0.29, 0.717) is 22.5 Å². The van der Waals surface area contributed by atoms with Crippen LogP contribution in [0.25, 0.3) is 0 Å². The monoisotopic (exact) mass is 238 g/mol. The van der Waals surface area contributed by atoms with Gasteiger partial charge in [0.2, 0.25) is 0 Å². The molecule has 0 aliphatic carbocycles. The highest BCUT2D eigenvalue weighted by Gasteiger charge is 2.09. The van der Waals surface area contributed by atoms with Crippen LogP contribution in [0.1, 0.15) is 6.92 Å². The third kappa shape index (κ3) is 2.06. The SMILES string of the molecule is CCn1c(Sc2ccc(N)nn2)n[nH]c1=O. The molecule has 0 spiro atoms. The Morgan fingerprint density at radius 1 is 1.50 bits per heavy atom. The van der Waals surface area contributed by atoms with E-state index in [-0.39, 0.29) is 5.69 Å². The van der Waals surface area contributed by atoms with Crippen LogP contribution in [0.4, 0.5) is 5.82 Å². The maximum absolute atomic E-state index is 11.3. The first kappa shape index (κ1) is 10.7. The van der Waals surface area contributed by atoms with Gasteiger partial charge in [0.15, 0.2) is 5.16 Å². The van der Waals surface area contributed by atoms with Crippen molar-refractivity contribution in [1.82, 2.24) is 25.0 Å². The number of aromatic amines is 1. The zero-order chi connectivity index (χ0) is 11.5. The van der Waals surface area contributed by atoms with Crippen molar-refractivity contribution >= 4 is 17.6 Å². The molecule has 84 valence electrons. The summed E-state index contributed by atoms with van der Waals surface area (Å²) in [4.78, 5) is 11.3. The fourth-order valence-electron chi connectivity index (χ4n) is 1.14. The lowest BCUT2D eigenvalue weighted by molar-refractivity contribution is 0.659. The molecular weight excluding hydrogens is 228 g/mol. The summed E-state index contributed by atoms with van der Waals surface area (Å²) < 4.78 is 1.52. The maximum atomic E-state index is 11.3. The minimum absolute atomic E-state index is 0.228. The first-order valence-electron chi connectivity index (χ1n) is 4.63. The van der Waals surface area contributed by atoms with Crippen molar-refractivity contribution < 1.29 is 0 Å². The molecular formula is C8H10N6OS.